The smallest absolute Gasteiger partial charge is 0.393 e. The lowest BCUT2D eigenvalue weighted by molar-refractivity contribution is -0.139. The van der Waals surface area contributed by atoms with Crippen molar-refractivity contribution < 1.29 is 23.1 Å². The van der Waals surface area contributed by atoms with E-state index in [4.69, 9.17) is 0 Å². The molecule has 3 unspecified atom stereocenters. The minimum absolute atomic E-state index is 0.0817. The fraction of sp³-hybridized carbons (Fsp3) is 0.929. The molecule has 0 aromatic rings. The van der Waals surface area contributed by atoms with Crippen LogP contribution in [0.15, 0.2) is 0 Å². The second-order valence-electron chi connectivity index (χ2n) is 6.06. The summed E-state index contributed by atoms with van der Waals surface area (Å²) in [6, 6.07) is -0.436. The lowest BCUT2D eigenvalue weighted by Gasteiger charge is -2.40. The lowest BCUT2D eigenvalue weighted by Crippen LogP contribution is -2.55. The maximum atomic E-state index is 12.3. The molecule has 4 nitrogen and oxygen atoms in total. The molecule has 0 aliphatic carbocycles. The van der Waals surface area contributed by atoms with Crippen molar-refractivity contribution in [3.63, 3.8) is 0 Å². The van der Waals surface area contributed by atoms with E-state index in [0.29, 0.717) is 19.4 Å². The van der Waals surface area contributed by atoms with Crippen LogP contribution in [0.4, 0.5) is 13.2 Å². The van der Waals surface area contributed by atoms with Gasteiger partial charge in [-0.05, 0) is 12.8 Å². The monoisotopic (exact) mass is 310 g/mol. The molecule has 1 fully saturated rings. The van der Waals surface area contributed by atoms with Crippen molar-refractivity contribution in [3.8, 4) is 0 Å². The van der Waals surface area contributed by atoms with Crippen LogP contribution in [0.3, 0.4) is 0 Å². The van der Waals surface area contributed by atoms with Gasteiger partial charge in [0.05, 0.1) is 12.6 Å². The average Bonchev–Trinajstić information content (AvgIpc) is 2.42. The van der Waals surface area contributed by atoms with Gasteiger partial charge in [0.1, 0.15) is 0 Å². The summed E-state index contributed by atoms with van der Waals surface area (Å²) in [5, 5.41) is 12.4. The zero-order valence-electron chi connectivity index (χ0n) is 12.8. The Morgan fingerprint density at radius 3 is 2.48 bits per heavy atom. The first-order chi connectivity index (χ1) is 9.64. The number of nitrogens with one attached hydrogen (secondary N) is 1. The minimum Gasteiger partial charge on any atom is -0.393 e. The summed E-state index contributed by atoms with van der Waals surface area (Å²) in [6.07, 6.45) is -3.89. The predicted molar refractivity (Wildman–Crippen MR) is 73.7 cm³/mol. The number of nitrogens with zero attached hydrogens (tertiary/aromatic N) is 1. The summed E-state index contributed by atoms with van der Waals surface area (Å²) in [6.45, 7) is 4.96. The Labute approximate surface area is 123 Å². The van der Waals surface area contributed by atoms with Crippen molar-refractivity contribution in [1.82, 2.24) is 10.2 Å². The summed E-state index contributed by atoms with van der Waals surface area (Å²) < 4.78 is 37.0. The van der Waals surface area contributed by atoms with Crippen molar-refractivity contribution in [1.29, 1.82) is 0 Å². The van der Waals surface area contributed by atoms with E-state index in [2.05, 4.69) is 5.32 Å². The Kier molecular flexibility index (Phi) is 6.46. The molecule has 1 saturated heterocycles. The summed E-state index contributed by atoms with van der Waals surface area (Å²) in [7, 11) is 0. The van der Waals surface area contributed by atoms with Gasteiger partial charge < -0.3 is 15.3 Å². The summed E-state index contributed by atoms with van der Waals surface area (Å²) >= 11 is 0. The summed E-state index contributed by atoms with van der Waals surface area (Å²) in [5.74, 6) is -0.468. The molecule has 7 heteroatoms. The molecule has 3 atom stereocenters. The minimum atomic E-state index is -4.27. The van der Waals surface area contributed by atoms with Crippen molar-refractivity contribution in [2.45, 2.75) is 51.9 Å². The third kappa shape index (κ3) is 5.82. The molecule has 1 rings (SSSR count). The van der Waals surface area contributed by atoms with Crippen molar-refractivity contribution >= 4 is 5.91 Å². The third-order valence-electron chi connectivity index (χ3n) is 3.84. The van der Waals surface area contributed by atoms with Crippen LogP contribution in [0.5, 0.6) is 0 Å². The predicted octanol–water partition coefficient (Wildman–Crippen LogP) is 1.78. The van der Waals surface area contributed by atoms with Gasteiger partial charge in [-0.1, -0.05) is 20.8 Å². The van der Waals surface area contributed by atoms with Gasteiger partial charge >= 0.3 is 6.18 Å². The Morgan fingerprint density at radius 1 is 1.38 bits per heavy atom. The fourth-order valence-corrected chi connectivity index (χ4v) is 2.70. The number of rotatable bonds is 5. The van der Waals surface area contributed by atoms with Crippen LogP contribution in [0.2, 0.25) is 0 Å². The van der Waals surface area contributed by atoms with Gasteiger partial charge in [-0.3, -0.25) is 4.79 Å². The van der Waals surface area contributed by atoms with E-state index in [1.807, 2.05) is 6.92 Å². The molecule has 1 aliphatic heterocycles. The fourth-order valence-electron chi connectivity index (χ4n) is 2.70. The van der Waals surface area contributed by atoms with E-state index in [1.54, 1.807) is 18.7 Å². The molecule has 0 saturated carbocycles. The lowest BCUT2D eigenvalue weighted by atomic mass is 9.88. The molecule has 2 N–H and O–H groups in total. The van der Waals surface area contributed by atoms with Crippen molar-refractivity contribution in [3.05, 3.63) is 0 Å². The Balaban J connectivity index is 2.72. The van der Waals surface area contributed by atoms with Gasteiger partial charge in [-0.2, -0.15) is 13.2 Å². The number of aliphatic hydroxyl groups excluding tert-OH is 1. The van der Waals surface area contributed by atoms with E-state index in [0.717, 1.165) is 0 Å². The highest BCUT2D eigenvalue weighted by Crippen LogP contribution is 2.24. The quantitative estimate of drug-likeness (QED) is 0.814. The zero-order valence-corrected chi connectivity index (χ0v) is 12.8. The van der Waals surface area contributed by atoms with Crippen LogP contribution in [-0.2, 0) is 4.79 Å². The second-order valence-corrected chi connectivity index (χ2v) is 6.06. The first kappa shape index (κ1) is 18.2. The SMILES string of the molecule is CCC(O)C1CC(NCC(F)(F)F)CN(C(=O)C(C)C)C1. The molecule has 0 bridgehead atoms. The van der Waals surface area contributed by atoms with Crippen molar-refractivity contribution in [2.24, 2.45) is 11.8 Å². The number of amides is 1. The number of carbonyl (C=O) groups excluding carboxylic acids is 1. The highest BCUT2D eigenvalue weighted by molar-refractivity contribution is 5.78. The number of carbonyl (C=O) groups is 1. The van der Waals surface area contributed by atoms with E-state index >= 15 is 0 Å². The number of hydrogen-bond acceptors (Lipinski definition) is 3. The number of hydrogen-bond donors (Lipinski definition) is 2. The van der Waals surface area contributed by atoms with E-state index < -0.39 is 24.9 Å². The number of likely N-dealkylation sites (tertiary alicyclic amines) is 1. The second kappa shape index (κ2) is 7.45. The number of halogens is 3. The number of piperidine rings is 1. The maximum absolute atomic E-state index is 12.3. The molecule has 1 heterocycles. The zero-order chi connectivity index (χ0) is 16.2. The van der Waals surface area contributed by atoms with E-state index in [-0.39, 0.29) is 24.3 Å². The molecule has 1 aliphatic rings. The van der Waals surface area contributed by atoms with Crippen LogP contribution < -0.4 is 5.32 Å². The van der Waals surface area contributed by atoms with Gasteiger partial charge in [0, 0.05) is 31.0 Å². The molecule has 124 valence electrons. The molecule has 1 amide bonds. The third-order valence-corrected chi connectivity index (χ3v) is 3.84. The van der Waals surface area contributed by atoms with E-state index in [9.17, 15) is 23.1 Å². The first-order valence-electron chi connectivity index (χ1n) is 7.41. The Bertz CT molecular complexity index is 348. The van der Waals surface area contributed by atoms with Crippen LogP contribution in [0.1, 0.15) is 33.6 Å². The summed E-state index contributed by atoms with van der Waals surface area (Å²) in [4.78, 5) is 13.7. The first-order valence-corrected chi connectivity index (χ1v) is 7.41. The van der Waals surface area contributed by atoms with Crippen LogP contribution in [-0.4, -0.2) is 53.9 Å². The molecular formula is C14H25F3N2O2. The molecule has 0 aromatic heterocycles. The molecule has 21 heavy (non-hydrogen) atoms. The normalized spacial score (nSPS) is 25.2. The summed E-state index contributed by atoms with van der Waals surface area (Å²) in [5.41, 5.74) is 0. The largest absolute Gasteiger partial charge is 0.401 e. The van der Waals surface area contributed by atoms with Gasteiger partial charge in [0.2, 0.25) is 5.91 Å². The van der Waals surface area contributed by atoms with Gasteiger partial charge in [-0.25, -0.2) is 0 Å². The maximum Gasteiger partial charge on any atom is 0.401 e. The average molecular weight is 310 g/mol. The van der Waals surface area contributed by atoms with Crippen LogP contribution in [0.25, 0.3) is 0 Å². The number of alkyl halides is 3. The molecule has 0 radical (unpaired) electrons. The van der Waals surface area contributed by atoms with Gasteiger partial charge in [0.15, 0.2) is 0 Å². The molecular weight excluding hydrogens is 285 g/mol. The van der Waals surface area contributed by atoms with Gasteiger partial charge in [0.25, 0.3) is 0 Å². The van der Waals surface area contributed by atoms with Gasteiger partial charge in [-0.15, -0.1) is 0 Å². The Morgan fingerprint density at radius 2 is 2.00 bits per heavy atom. The standard InChI is InChI=1S/C14H25F3N2O2/c1-4-12(20)10-5-11(18-8-14(15,16)17)7-19(6-10)13(21)9(2)3/h9-12,18,20H,4-8H2,1-3H3. The highest BCUT2D eigenvalue weighted by atomic mass is 19.4. The van der Waals surface area contributed by atoms with E-state index in [1.165, 1.54) is 0 Å². The van der Waals surface area contributed by atoms with Crippen LogP contribution in [0, 0.1) is 11.8 Å². The molecule has 0 aromatic carbocycles. The Hall–Kier alpha value is -0.820. The topological polar surface area (TPSA) is 52.6 Å². The van der Waals surface area contributed by atoms with Crippen LogP contribution >= 0.6 is 0 Å². The van der Waals surface area contributed by atoms with Crippen molar-refractivity contribution in [2.75, 3.05) is 19.6 Å². The number of aliphatic hydroxyl groups is 1. The highest BCUT2D eigenvalue weighted by Gasteiger charge is 2.35. The molecule has 0 spiro atoms.